The number of anilines is 2. The SMILES string of the molecule is O=C(/C=C/c1cccc([N+](=O)[O-])c1)Nc1ccccc1NS(=O)(=O)c1ccc(F)cc1. The zero-order chi connectivity index (χ0) is 22.4. The van der Waals surface area contributed by atoms with E-state index in [0.717, 1.165) is 24.3 Å². The molecular formula is C21H16FN3O5S. The van der Waals surface area contributed by atoms with E-state index in [1.807, 2.05) is 0 Å². The average molecular weight is 441 g/mol. The fourth-order valence-electron chi connectivity index (χ4n) is 2.59. The van der Waals surface area contributed by atoms with Crippen molar-refractivity contribution in [2.24, 2.45) is 0 Å². The highest BCUT2D eigenvalue weighted by molar-refractivity contribution is 7.92. The molecule has 0 aliphatic heterocycles. The van der Waals surface area contributed by atoms with Crippen molar-refractivity contribution in [1.29, 1.82) is 0 Å². The second kappa shape index (κ2) is 9.18. The number of hydrogen-bond acceptors (Lipinski definition) is 5. The molecular weight excluding hydrogens is 425 g/mol. The number of para-hydroxylation sites is 2. The lowest BCUT2D eigenvalue weighted by Crippen LogP contribution is -2.16. The molecule has 1 amide bonds. The fraction of sp³-hybridized carbons (Fsp3) is 0. The smallest absolute Gasteiger partial charge is 0.270 e. The molecule has 3 aromatic rings. The standard InChI is InChI=1S/C21H16FN3O5S/c22-16-9-11-18(12-10-16)31(29,30)24-20-7-2-1-6-19(20)23-21(26)13-8-15-4-3-5-17(14-15)25(27)28/h1-14,24H,(H,23,26)/b13-8+. The number of benzene rings is 3. The third-order valence-corrected chi connectivity index (χ3v) is 5.44. The Balaban J connectivity index is 1.76. The zero-order valence-corrected chi connectivity index (χ0v) is 16.7. The summed E-state index contributed by atoms with van der Waals surface area (Å²) >= 11 is 0. The topological polar surface area (TPSA) is 118 Å². The second-order valence-corrected chi connectivity index (χ2v) is 7.96. The predicted octanol–water partition coefficient (Wildman–Crippen LogP) is 4.19. The van der Waals surface area contributed by atoms with Crippen LogP contribution in [-0.2, 0) is 14.8 Å². The van der Waals surface area contributed by atoms with Crippen LogP contribution in [0, 0.1) is 15.9 Å². The normalized spacial score (nSPS) is 11.3. The van der Waals surface area contributed by atoms with Crippen LogP contribution in [0.5, 0.6) is 0 Å². The van der Waals surface area contributed by atoms with E-state index in [0.29, 0.717) is 5.56 Å². The number of hydrogen-bond donors (Lipinski definition) is 2. The summed E-state index contributed by atoms with van der Waals surface area (Å²) in [5.74, 6) is -1.14. The molecule has 0 heterocycles. The van der Waals surface area contributed by atoms with Gasteiger partial charge in [-0.1, -0.05) is 24.3 Å². The van der Waals surface area contributed by atoms with Gasteiger partial charge < -0.3 is 5.32 Å². The minimum Gasteiger partial charge on any atom is -0.321 e. The maximum absolute atomic E-state index is 13.1. The van der Waals surface area contributed by atoms with Crippen LogP contribution in [0.2, 0.25) is 0 Å². The molecule has 0 spiro atoms. The Morgan fingerprint density at radius 3 is 2.32 bits per heavy atom. The number of nitrogens with zero attached hydrogens (tertiary/aromatic N) is 1. The van der Waals surface area contributed by atoms with E-state index in [1.165, 1.54) is 42.5 Å². The van der Waals surface area contributed by atoms with Crippen LogP contribution < -0.4 is 10.0 Å². The van der Waals surface area contributed by atoms with Crippen LogP contribution in [0.1, 0.15) is 5.56 Å². The molecule has 0 atom stereocenters. The lowest BCUT2D eigenvalue weighted by Gasteiger charge is -2.13. The monoisotopic (exact) mass is 441 g/mol. The van der Waals surface area contributed by atoms with Gasteiger partial charge in [0.25, 0.3) is 15.7 Å². The van der Waals surface area contributed by atoms with Crippen LogP contribution >= 0.6 is 0 Å². The molecule has 3 rings (SSSR count). The molecule has 158 valence electrons. The van der Waals surface area contributed by atoms with Gasteiger partial charge in [-0.3, -0.25) is 19.6 Å². The van der Waals surface area contributed by atoms with Crippen LogP contribution in [0.25, 0.3) is 6.08 Å². The summed E-state index contributed by atoms with van der Waals surface area (Å²) in [5.41, 5.74) is 0.656. The van der Waals surface area contributed by atoms with Crippen molar-refractivity contribution >= 4 is 39.1 Å². The number of amides is 1. The van der Waals surface area contributed by atoms with Crippen LogP contribution in [0.3, 0.4) is 0 Å². The van der Waals surface area contributed by atoms with Crippen molar-refractivity contribution in [3.63, 3.8) is 0 Å². The molecule has 0 radical (unpaired) electrons. The van der Waals surface area contributed by atoms with Crippen molar-refractivity contribution in [1.82, 2.24) is 0 Å². The minimum atomic E-state index is -4.01. The van der Waals surface area contributed by atoms with Crippen LogP contribution in [-0.4, -0.2) is 19.2 Å². The molecule has 0 aromatic heterocycles. The van der Waals surface area contributed by atoms with E-state index in [4.69, 9.17) is 0 Å². The van der Waals surface area contributed by atoms with Gasteiger partial charge in [0, 0.05) is 18.2 Å². The summed E-state index contributed by atoms with van der Waals surface area (Å²) in [5, 5.41) is 13.4. The van der Waals surface area contributed by atoms with Crippen molar-refractivity contribution in [3.8, 4) is 0 Å². The highest BCUT2D eigenvalue weighted by atomic mass is 32.2. The van der Waals surface area contributed by atoms with Gasteiger partial charge >= 0.3 is 0 Å². The molecule has 2 N–H and O–H groups in total. The third-order valence-electron chi connectivity index (χ3n) is 4.06. The summed E-state index contributed by atoms with van der Waals surface area (Å²) in [6.45, 7) is 0. The number of non-ortho nitro benzene ring substituents is 1. The lowest BCUT2D eigenvalue weighted by atomic mass is 10.2. The predicted molar refractivity (Wildman–Crippen MR) is 114 cm³/mol. The van der Waals surface area contributed by atoms with E-state index >= 15 is 0 Å². The van der Waals surface area contributed by atoms with E-state index in [1.54, 1.807) is 18.2 Å². The van der Waals surface area contributed by atoms with Gasteiger partial charge in [0.2, 0.25) is 5.91 Å². The van der Waals surface area contributed by atoms with E-state index in [-0.39, 0.29) is 22.0 Å². The summed E-state index contributed by atoms with van der Waals surface area (Å²) < 4.78 is 40.5. The molecule has 0 aliphatic rings. The quantitative estimate of drug-likeness (QED) is 0.324. The highest BCUT2D eigenvalue weighted by Crippen LogP contribution is 2.25. The van der Waals surface area contributed by atoms with Crippen molar-refractivity contribution < 1.29 is 22.5 Å². The Bertz CT molecular complexity index is 1260. The van der Waals surface area contributed by atoms with E-state index in [2.05, 4.69) is 10.0 Å². The van der Waals surface area contributed by atoms with Crippen molar-refractivity contribution in [3.05, 3.63) is 100 Å². The average Bonchev–Trinajstić information content (AvgIpc) is 2.74. The van der Waals surface area contributed by atoms with E-state index in [9.17, 15) is 27.7 Å². The Morgan fingerprint density at radius 1 is 0.968 bits per heavy atom. The van der Waals surface area contributed by atoms with Gasteiger partial charge in [0.15, 0.2) is 0 Å². The summed E-state index contributed by atoms with van der Waals surface area (Å²) in [6.07, 6.45) is 2.57. The maximum Gasteiger partial charge on any atom is 0.270 e. The molecule has 0 unspecified atom stereocenters. The Morgan fingerprint density at radius 2 is 1.65 bits per heavy atom. The number of nitrogens with one attached hydrogen (secondary N) is 2. The molecule has 0 saturated carbocycles. The number of carbonyl (C=O) groups excluding carboxylic acids is 1. The first-order chi connectivity index (χ1) is 14.7. The molecule has 0 aliphatic carbocycles. The largest absolute Gasteiger partial charge is 0.321 e. The third kappa shape index (κ3) is 5.73. The van der Waals surface area contributed by atoms with E-state index < -0.39 is 26.7 Å². The van der Waals surface area contributed by atoms with Crippen molar-refractivity contribution in [2.45, 2.75) is 4.90 Å². The molecule has 8 nitrogen and oxygen atoms in total. The lowest BCUT2D eigenvalue weighted by molar-refractivity contribution is -0.384. The number of rotatable bonds is 7. The molecule has 10 heteroatoms. The summed E-state index contributed by atoms with van der Waals surface area (Å²) in [7, 11) is -4.01. The summed E-state index contributed by atoms with van der Waals surface area (Å²) in [4.78, 5) is 22.4. The Labute approximate surface area is 177 Å². The van der Waals surface area contributed by atoms with Crippen molar-refractivity contribution in [2.75, 3.05) is 10.0 Å². The first-order valence-corrected chi connectivity index (χ1v) is 10.3. The number of sulfonamides is 1. The maximum atomic E-state index is 13.1. The molecule has 31 heavy (non-hydrogen) atoms. The number of carbonyl (C=O) groups is 1. The molecule has 3 aromatic carbocycles. The first kappa shape index (κ1) is 21.7. The Kier molecular flexibility index (Phi) is 6.41. The van der Waals surface area contributed by atoms with Gasteiger partial charge in [0.1, 0.15) is 5.82 Å². The molecule has 0 saturated heterocycles. The Hall–Kier alpha value is -4.05. The highest BCUT2D eigenvalue weighted by Gasteiger charge is 2.16. The molecule has 0 fully saturated rings. The van der Waals surface area contributed by atoms with Gasteiger partial charge in [-0.25, -0.2) is 12.8 Å². The van der Waals surface area contributed by atoms with Crippen LogP contribution in [0.15, 0.2) is 83.8 Å². The number of nitro groups is 1. The molecule has 0 bridgehead atoms. The van der Waals surface area contributed by atoms with Gasteiger partial charge in [0.05, 0.1) is 21.2 Å². The van der Waals surface area contributed by atoms with Crippen LogP contribution in [0.4, 0.5) is 21.5 Å². The number of nitro benzene ring substituents is 1. The first-order valence-electron chi connectivity index (χ1n) is 8.85. The fourth-order valence-corrected chi connectivity index (χ4v) is 3.67. The van der Waals surface area contributed by atoms with Gasteiger partial charge in [-0.2, -0.15) is 0 Å². The zero-order valence-electron chi connectivity index (χ0n) is 15.9. The summed E-state index contributed by atoms with van der Waals surface area (Å²) in [6, 6.07) is 16.2. The van der Waals surface area contributed by atoms with Gasteiger partial charge in [-0.05, 0) is 48.0 Å². The number of halogens is 1. The van der Waals surface area contributed by atoms with Gasteiger partial charge in [-0.15, -0.1) is 0 Å². The minimum absolute atomic E-state index is 0.108. The second-order valence-electron chi connectivity index (χ2n) is 6.28.